The number of amides is 1. The first kappa shape index (κ1) is 20.7. The zero-order valence-electron chi connectivity index (χ0n) is 16.7. The lowest BCUT2D eigenvalue weighted by Crippen LogP contribution is -2.26. The summed E-state index contributed by atoms with van der Waals surface area (Å²) in [5, 5.41) is 3.06. The van der Waals surface area contributed by atoms with Crippen LogP contribution in [0.15, 0.2) is 58.8 Å². The van der Waals surface area contributed by atoms with E-state index in [4.69, 9.17) is 0 Å². The molecule has 0 saturated carbocycles. The summed E-state index contributed by atoms with van der Waals surface area (Å²) in [6, 6.07) is 14.5. The minimum atomic E-state index is -3.59. The van der Waals surface area contributed by atoms with Crippen LogP contribution in [0.3, 0.4) is 0 Å². The maximum atomic E-state index is 12.6. The smallest absolute Gasteiger partial charge is 0.240 e. The van der Waals surface area contributed by atoms with E-state index >= 15 is 0 Å². The fourth-order valence-corrected chi connectivity index (χ4v) is 5.13. The Labute approximate surface area is 180 Å². The number of aryl methyl sites for hydroxylation is 1. The van der Waals surface area contributed by atoms with E-state index in [1.807, 2.05) is 36.6 Å². The second-order valence-electron chi connectivity index (χ2n) is 7.24. The van der Waals surface area contributed by atoms with Crippen LogP contribution in [0, 0.1) is 6.92 Å². The van der Waals surface area contributed by atoms with E-state index in [2.05, 4.69) is 9.71 Å². The predicted octanol–water partition coefficient (Wildman–Crippen LogP) is 3.77. The summed E-state index contributed by atoms with van der Waals surface area (Å²) in [7, 11) is -3.59. The molecule has 30 heavy (non-hydrogen) atoms. The third-order valence-corrected chi connectivity index (χ3v) is 7.36. The second-order valence-corrected chi connectivity index (χ2v) is 10.1. The Morgan fingerprint density at radius 1 is 1.10 bits per heavy atom. The number of carbonyl (C=O) groups excluding carboxylic acids is 1. The van der Waals surface area contributed by atoms with Gasteiger partial charge in [0.15, 0.2) is 0 Å². The lowest BCUT2D eigenvalue weighted by molar-refractivity contribution is -0.117. The molecule has 3 aromatic rings. The van der Waals surface area contributed by atoms with Gasteiger partial charge in [-0.05, 0) is 49.6 Å². The second kappa shape index (κ2) is 8.67. The third-order valence-electron chi connectivity index (χ3n) is 5.11. The van der Waals surface area contributed by atoms with Crippen molar-refractivity contribution in [1.82, 2.24) is 9.71 Å². The van der Waals surface area contributed by atoms with Crippen molar-refractivity contribution < 1.29 is 13.2 Å². The molecule has 0 atom stereocenters. The number of rotatable bonds is 7. The molecule has 4 rings (SSSR count). The van der Waals surface area contributed by atoms with Gasteiger partial charge >= 0.3 is 0 Å². The number of thiazole rings is 1. The minimum Gasteiger partial charge on any atom is -0.312 e. The summed E-state index contributed by atoms with van der Waals surface area (Å²) in [5.41, 5.74) is 3.81. The van der Waals surface area contributed by atoms with Gasteiger partial charge in [-0.3, -0.25) is 4.79 Å². The summed E-state index contributed by atoms with van der Waals surface area (Å²) in [6.45, 7) is 2.97. The van der Waals surface area contributed by atoms with E-state index in [0.717, 1.165) is 33.9 Å². The van der Waals surface area contributed by atoms with Crippen molar-refractivity contribution in [3.8, 4) is 11.3 Å². The summed E-state index contributed by atoms with van der Waals surface area (Å²) in [4.78, 5) is 18.2. The Bertz CT molecular complexity index is 1140. The molecule has 1 aromatic heterocycles. The van der Waals surface area contributed by atoms with E-state index in [0.29, 0.717) is 25.9 Å². The van der Waals surface area contributed by atoms with Crippen LogP contribution in [-0.4, -0.2) is 32.4 Å². The molecule has 2 heterocycles. The van der Waals surface area contributed by atoms with E-state index in [9.17, 15) is 13.2 Å². The Hall–Kier alpha value is -2.55. The van der Waals surface area contributed by atoms with Crippen molar-refractivity contribution in [1.29, 1.82) is 0 Å². The number of nitrogens with zero attached hydrogens (tertiary/aromatic N) is 2. The molecule has 0 radical (unpaired) electrons. The molecule has 6 nitrogen and oxygen atoms in total. The molecule has 2 aromatic carbocycles. The zero-order valence-corrected chi connectivity index (χ0v) is 18.3. The monoisotopic (exact) mass is 441 g/mol. The van der Waals surface area contributed by atoms with Gasteiger partial charge in [-0.15, -0.1) is 11.3 Å². The number of anilines is 1. The van der Waals surface area contributed by atoms with Crippen molar-refractivity contribution in [3.05, 3.63) is 64.5 Å². The van der Waals surface area contributed by atoms with Crippen molar-refractivity contribution in [2.45, 2.75) is 31.1 Å². The number of nitrogens with one attached hydrogen (secondary N) is 1. The Morgan fingerprint density at radius 3 is 2.43 bits per heavy atom. The predicted molar refractivity (Wildman–Crippen MR) is 119 cm³/mol. The first-order chi connectivity index (χ1) is 14.4. The zero-order chi connectivity index (χ0) is 21.1. The summed E-state index contributed by atoms with van der Waals surface area (Å²) >= 11 is 1.62. The number of sulfonamides is 1. The van der Waals surface area contributed by atoms with Gasteiger partial charge in [-0.1, -0.05) is 24.3 Å². The number of benzene rings is 2. The number of aromatic nitrogens is 1. The Kier molecular flexibility index (Phi) is 5.99. The minimum absolute atomic E-state index is 0.0830. The van der Waals surface area contributed by atoms with E-state index in [1.54, 1.807) is 40.5 Å². The molecule has 0 aliphatic carbocycles. The van der Waals surface area contributed by atoms with Gasteiger partial charge in [0.2, 0.25) is 15.9 Å². The SMILES string of the molecule is Cc1nc(-c2ccc(CCNS(=O)(=O)c3ccc(N4CCCC4=O)cc3)cc2)cs1. The average molecular weight is 442 g/mol. The summed E-state index contributed by atoms with van der Waals surface area (Å²) in [5.74, 6) is 0.0830. The van der Waals surface area contributed by atoms with Crippen LogP contribution in [-0.2, 0) is 21.2 Å². The summed E-state index contributed by atoms with van der Waals surface area (Å²) in [6.07, 6.45) is 1.98. The van der Waals surface area contributed by atoms with Crippen LogP contribution in [0.1, 0.15) is 23.4 Å². The molecule has 1 amide bonds. The quantitative estimate of drug-likeness (QED) is 0.605. The highest BCUT2D eigenvalue weighted by Crippen LogP contribution is 2.23. The van der Waals surface area contributed by atoms with Crippen LogP contribution in [0.2, 0.25) is 0 Å². The molecule has 0 bridgehead atoms. The fourth-order valence-electron chi connectivity index (χ4n) is 3.48. The van der Waals surface area contributed by atoms with Crippen LogP contribution in [0.4, 0.5) is 5.69 Å². The van der Waals surface area contributed by atoms with E-state index in [1.165, 1.54) is 0 Å². The third kappa shape index (κ3) is 4.61. The average Bonchev–Trinajstić information content (AvgIpc) is 3.37. The highest BCUT2D eigenvalue weighted by Gasteiger charge is 2.22. The molecule has 1 fully saturated rings. The normalized spacial score (nSPS) is 14.4. The number of hydrogen-bond donors (Lipinski definition) is 1. The molecule has 0 spiro atoms. The fraction of sp³-hybridized carbons (Fsp3) is 0.273. The number of carbonyl (C=O) groups is 1. The highest BCUT2D eigenvalue weighted by atomic mass is 32.2. The van der Waals surface area contributed by atoms with Crippen molar-refractivity contribution in [2.24, 2.45) is 0 Å². The van der Waals surface area contributed by atoms with Gasteiger partial charge in [0.05, 0.1) is 15.6 Å². The molecule has 156 valence electrons. The Morgan fingerprint density at radius 2 is 1.83 bits per heavy atom. The Balaban J connectivity index is 1.34. The molecular formula is C22H23N3O3S2. The summed E-state index contributed by atoms with van der Waals surface area (Å²) < 4.78 is 27.8. The van der Waals surface area contributed by atoms with Crippen molar-refractivity contribution in [2.75, 3.05) is 18.0 Å². The molecule has 1 N–H and O–H groups in total. The molecule has 1 saturated heterocycles. The maximum absolute atomic E-state index is 12.6. The molecule has 1 aliphatic heterocycles. The molecule has 1 aliphatic rings. The molecule has 8 heteroatoms. The van der Waals surface area contributed by atoms with Crippen molar-refractivity contribution in [3.63, 3.8) is 0 Å². The lowest BCUT2D eigenvalue weighted by atomic mass is 10.1. The standard InChI is InChI=1S/C22H23N3O3S2/c1-16-24-21(15-29-16)18-6-4-17(5-7-18)12-13-23-30(27,28)20-10-8-19(9-11-20)25-14-2-3-22(25)26/h4-11,15,23H,2-3,12-14H2,1H3. The van der Waals surface area contributed by atoms with Crippen LogP contribution < -0.4 is 9.62 Å². The highest BCUT2D eigenvalue weighted by molar-refractivity contribution is 7.89. The lowest BCUT2D eigenvalue weighted by Gasteiger charge is -2.16. The van der Waals surface area contributed by atoms with Gasteiger partial charge in [-0.25, -0.2) is 18.1 Å². The maximum Gasteiger partial charge on any atom is 0.240 e. The largest absolute Gasteiger partial charge is 0.312 e. The van der Waals surface area contributed by atoms with Gasteiger partial charge in [-0.2, -0.15) is 0 Å². The molecular weight excluding hydrogens is 418 g/mol. The van der Waals surface area contributed by atoms with Crippen LogP contribution in [0.25, 0.3) is 11.3 Å². The first-order valence-electron chi connectivity index (χ1n) is 9.84. The number of hydrogen-bond acceptors (Lipinski definition) is 5. The van der Waals surface area contributed by atoms with Crippen LogP contribution >= 0.6 is 11.3 Å². The van der Waals surface area contributed by atoms with Crippen molar-refractivity contribution >= 4 is 33.0 Å². The van der Waals surface area contributed by atoms with E-state index < -0.39 is 10.0 Å². The van der Waals surface area contributed by atoms with Gasteiger partial charge in [0.1, 0.15) is 0 Å². The van der Waals surface area contributed by atoms with Gasteiger partial charge in [0, 0.05) is 36.1 Å². The van der Waals surface area contributed by atoms with Gasteiger partial charge < -0.3 is 4.90 Å². The molecule has 0 unspecified atom stereocenters. The first-order valence-corrected chi connectivity index (χ1v) is 12.2. The van der Waals surface area contributed by atoms with E-state index in [-0.39, 0.29) is 10.8 Å². The van der Waals surface area contributed by atoms with Gasteiger partial charge in [0.25, 0.3) is 0 Å². The van der Waals surface area contributed by atoms with Crippen LogP contribution in [0.5, 0.6) is 0 Å². The topological polar surface area (TPSA) is 79.4 Å².